The van der Waals surface area contributed by atoms with E-state index < -0.39 is 10.0 Å². The van der Waals surface area contributed by atoms with Crippen LogP contribution in [0.3, 0.4) is 0 Å². The third kappa shape index (κ3) is 3.78. The summed E-state index contributed by atoms with van der Waals surface area (Å²) >= 11 is 1.16. The molecule has 19 heavy (non-hydrogen) atoms. The Kier molecular flexibility index (Phi) is 4.66. The van der Waals surface area contributed by atoms with Gasteiger partial charge in [0.2, 0.25) is 10.0 Å². The zero-order valence-corrected chi connectivity index (χ0v) is 12.9. The predicted octanol–water partition coefficient (Wildman–Crippen LogP) is 2.34. The summed E-state index contributed by atoms with van der Waals surface area (Å²) in [6.45, 7) is 4.22. The Balaban J connectivity index is 2.08. The van der Waals surface area contributed by atoms with Gasteiger partial charge in [-0.25, -0.2) is 13.1 Å². The Labute approximate surface area is 118 Å². The standard InChI is InChI=1S/C13H21NO3S2/c1-9-3-10(2)5-12(4-9)14-19(16,17)13-6-11(7-15)8-18-13/h6,8-10,12,14-15H,3-5,7H2,1-2H3. The topological polar surface area (TPSA) is 66.4 Å². The molecule has 2 N–H and O–H groups in total. The summed E-state index contributed by atoms with van der Waals surface area (Å²) in [7, 11) is -3.44. The number of thiophene rings is 1. The highest BCUT2D eigenvalue weighted by Gasteiger charge is 2.28. The summed E-state index contributed by atoms with van der Waals surface area (Å²) in [6, 6.07) is 1.58. The lowest BCUT2D eigenvalue weighted by atomic mass is 9.81. The highest BCUT2D eigenvalue weighted by atomic mass is 32.2. The zero-order chi connectivity index (χ0) is 14.0. The van der Waals surface area contributed by atoms with E-state index in [4.69, 9.17) is 5.11 Å². The van der Waals surface area contributed by atoms with Gasteiger partial charge in [0, 0.05) is 6.04 Å². The molecule has 0 amide bonds. The fourth-order valence-electron chi connectivity index (χ4n) is 2.90. The molecule has 1 aliphatic rings. The quantitative estimate of drug-likeness (QED) is 0.897. The van der Waals surface area contributed by atoms with Crippen LogP contribution in [0.25, 0.3) is 0 Å². The van der Waals surface area contributed by atoms with Crippen LogP contribution in [0.2, 0.25) is 0 Å². The van der Waals surface area contributed by atoms with Gasteiger partial charge in [-0.1, -0.05) is 13.8 Å². The first-order valence-corrected chi connectivity index (χ1v) is 8.97. The fraction of sp³-hybridized carbons (Fsp3) is 0.692. The molecule has 1 aromatic rings. The van der Waals surface area contributed by atoms with E-state index >= 15 is 0 Å². The summed E-state index contributed by atoms with van der Waals surface area (Å²) < 4.78 is 27.6. The first-order valence-electron chi connectivity index (χ1n) is 6.61. The van der Waals surface area contributed by atoms with Crippen molar-refractivity contribution in [3.63, 3.8) is 0 Å². The summed E-state index contributed by atoms with van der Waals surface area (Å²) in [4.78, 5) is 0. The van der Waals surface area contributed by atoms with Crippen LogP contribution in [0.4, 0.5) is 0 Å². The molecule has 1 heterocycles. The van der Waals surface area contributed by atoms with Gasteiger partial charge >= 0.3 is 0 Å². The van der Waals surface area contributed by atoms with Gasteiger partial charge in [0.15, 0.2) is 0 Å². The number of nitrogens with one attached hydrogen (secondary N) is 1. The minimum absolute atomic E-state index is 0.0310. The number of hydrogen-bond donors (Lipinski definition) is 2. The van der Waals surface area contributed by atoms with Gasteiger partial charge in [-0.3, -0.25) is 0 Å². The Hall–Kier alpha value is -0.430. The maximum Gasteiger partial charge on any atom is 0.250 e. The van der Waals surface area contributed by atoms with Crippen molar-refractivity contribution in [1.29, 1.82) is 0 Å². The van der Waals surface area contributed by atoms with Crippen LogP contribution in [0.15, 0.2) is 15.7 Å². The molecular weight excluding hydrogens is 282 g/mol. The van der Waals surface area contributed by atoms with E-state index in [2.05, 4.69) is 18.6 Å². The van der Waals surface area contributed by atoms with Gasteiger partial charge < -0.3 is 5.11 Å². The van der Waals surface area contributed by atoms with Gasteiger partial charge in [0.05, 0.1) is 6.61 Å². The van der Waals surface area contributed by atoms with Crippen molar-refractivity contribution in [2.24, 2.45) is 11.8 Å². The molecule has 1 aromatic heterocycles. The van der Waals surface area contributed by atoms with Crippen molar-refractivity contribution in [3.05, 3.63) is 17.0 Å². The molecule has 0 aliphatic heterocycles. The number of hydrogen-bond acceptors (Lipinski definition) is 4. The summed E-state index contributed by atoms with van der Waals surface area (Å²) in [5.74, 6) is 1.13. The molecule has 2 rings (SSSR count). The highest BCUT2D eigenvalue weighted by Crippen LogP contribution is 2.30. The molecule has 1 fully saturated rings. The van der Waals surface area contributed by atoms with E-state index in [1.807, 2.05) is 0 Å². The smallest absolute Gasteiger partial charge is 0.250 e. The van der Waals surface area contributed by atoms with Crippen LogP contribution in [-0.4, -0.2) is 19.6 Å². The molecule has 0 bridgehead atoms. The zero-order valence-electron chi connectivity index (χ0n) is 11.3. The minimum atomic E-state index is -3.44. The molecule has 2 unspecified atom stereocenters. The minimum Gasteiger partial charge on any atom is -0.392 e. The van der Waals surface area contributed by atoms with Gasteiger partial charge in [-0.05, 0) is 48.1 Å². The second kappa shape index (κ2) is 5.91. The number of aliphatic hydroxyl groups excluding tert-OH is 1. The average Bonchev–Trinajstić information content (AvgIpc) is 2.75. The first kappa shape index (κ1) is 15.0. The van der Waals surface area contributed by atoms with Crippen molar-refractivity contribution in [3.8, 4) is 0 Å². The maximum absolute atomic E-state index is 12.3. The normalized spacial score (nSPS) is 28.5. The summed E-state index contributed by atoms with van der Waals surface area (Å²) in [5, 5.41) is 10.7. The fourth-order valence-corrected chi connectivity index (χ4v) is 5.38. The highest BCUT2D eigenvalue weighted by molar-refractivity contribution is 7.91. The van der Waals surface area contributed by atoms with Gasteiger partial charge in [-0.2, -0.15) is 0 Å². The van der Waals surface area contributed by atoms with Crippen LogP contribution >= 0.6 is 11.3 Å². The molecular formula is C13H21NO3S2. The van der Waals surface area contributed by atoms with Gasteiger partial charge in [-0.15, -0.1) is 11.3 Å². The summed E-state index contributed by atoms with van der Waals surface area (Å²) in [6.07, 6.45) is 2.98. The second-order valence-corrected chi connectivity index (χ2v) is 8.52. The molecule has 0 aromatic carbocycles. The SMILES string of the molecule is CC1CC(C)CC(NS(=O)(=O)c2cc(CO)cs2)C1. The number of aliphatic hydroxyl groups is 1. The van der Waals surface area contributed by atoms with Crippen LogP contribution in [0.5, 0.6) is 0 Å². The molecule has 6 heteroatoms. The largest absolute Gasteiger partial charge is 0.392 e. The van der Waals surface area contributed by atoms with Crippen LogP contribution in [-0.2, 0) is 16.6 Å². The average molecular weight is 303 g/mol. The predicted molar refractivity (Wildman–Crippen MR) is 76.5 cm³/mol. The molecule has 2 atom stereocenters. The van der Waals surface area contributed by atoms with E-state index in [1.54, 1.807) is 11.4 Å². The first-order chi connectivity index (χ1) is 8.90. The number of rotatable bonds is 4. The van der Waals surface area contributed by atoms with Gasteiger partial charge in [0.1, 0.15) is 4.21 Å². The molecule has 4 nitrogen and oxygen atoms in total. The Morgan fingerprint density at radius 1 is 1.32 bits per heavy atom. The number of sulfonamides is 1. The van der Waals surface area contributed by atoms with E-state index in [-0.39, 0.29) is 12.6 Å². The third-order valence-electron chi connectivity index (χ3n) is 3.58. The lowest BCUT2D eigenvalue weighted by Gasteiger charge is -2.31. The van der Waals surface area contributed by atoms with Gasteiger partial charge in [0.25, 0.3) is 0 Å². The maximum atomic E-state index is 12.3. The van der Waals surface area contributed by atoms with E-state index in [9.17, 15) is 8.42 Å². The van der Waals surface area contributed by atoms with Crippen molar-refractivity contribution in [2.75, 3.05) is 0 Å². The van der Waals surface area contributed by atoms with Crippen LogP contribution in [0, 0.1) is 11.8 Å². The van der Waals surface area contributed by atoms with E-state index in [0.717, 1.165) is 24.2 Å². The van der Waals surface area contributed by atoms with Crippen molar-refractivity contribution in [1.82, 2.24) is 4.72 Å². The van der Waals surface area contributed by atoms with Crippen molar-refractivity contribution < 1.29 is 13.5 Å². The molecule has 0 spiro atoms. The van der Waals surface area contributed by atoms with E-state index in [1.165, 1.54) is 6.42 Å². The second-order valence-electron chi connectivity index (χ2n) is 5.67. The molecule has 0 saturated heterocycles. The Bertz CT molecular complexity index is 514. The lowest BCUT2D eigenvalue weighted by Crippen LogP contribution is -2.39. The van der Waals surface area contributed by atoms with Crippen LogP contribution in [0.1, 0.15) is 38.7 Å². The van der Waals surface area contributed by atoms with Crippen molar-refractivity contribution >= 4 is 21.4 Å². The van der Waals surface area contributed by atoms with E-state index in [0.29, 0.717) is 21.6 Å². The summed E-state index contributed by atoms with van der Waals surface area (Å²) in [5.41, 5.74) is 0.649. The third-order valence-corrected chi connectivity index (χ3v) is 6.59. The molecule has 108 valence electrons. The van der Waals surface area contributed by atoms with Crippen LogP contribution < -0.4 is 4.72 Å². The Morgan fingerprint density at radius 2 is 1.95 bits per heavy atom. The molecule has 1 saturated carbocycles. The monoisotopic (exact) mass is 303 g/mol. The lowest BCUT2D eigenvalue weighted by molar-refractivity contribution is 0.258. The molecule has 0 radical (unpaired) electrons. The molecule has 1 aliphatic carbocycles. The Morgan fingerprint density at radius 3 is 2.47 bits per heavy atom. The van der Waals surface area contributed by atoms with Crippen molar-refractivity contribution in [2.45, 2.75) is 50.0 Å².